The predicted octanol–water partition coefficient (Wildman–Crippen LogP) is -1.62. The Morgan fingerprint density at radius 3 is 2.50 bits per heavy atom. The van der Waals surface area contributed by atoms with Crippen LogP contribution in [0.4, 0.5) is 0 Å². The largest absolute Gasteiger partial charge is 0.328 e. The molecule has 0 aromatic heterocycles. The fourth-order valence-corrected chi connectivity index (χ4v) is 3.47. The molecule has 0 saturated carbocycles. The lowest BCUT2D eigenvalue weighted by Crippen LogP contribution is -3.27. The van der Waals surface area contributed by atoms with Gasteiger partial charge >= 0.3 is 0 Å². The van der Waals surface area contributed by atoms with Crippen molar-refractivity contribution in [2.75, 3.05) is 46.3 Å². The third-order valence-electron chi connectivity index (χ3n) is 4.06. The number of quaternary nitrogens is 2. The minimum atomic E-state index is -3.34. The zero-order chi connectivity index (χ0) is 15.8. The Hall–Kier alpha value is -1.21. The van der Waals surface area contributed by atoms with Crippen LogP contribution in [0.2, 0.25) is 0 Å². The second kappa shape index (κ2) is 8.43. The summed E-state index contributed by atoms with van der Waals surface area (Å²) in [6.07, 6.45) is 2.50. The Kier molecular flexibility index (Phi) is 6.57. The van der Waals surface area contributed by atoms with E-state index >= 15 is 0 Å². The van der Waals surface area contributed by atoms with Crippen molar-refractivity contribution in [2.24, 2.45) is 0 Å². The SMILES string of the molecule is C[NH+]1CC[NH+](CCCNS(=O)(=O)/C=C/c2ccccc2)CC1. The van der Waals surface area contributed by atoms with E-state index in [1.54, 1.807) is 15.9 Å². The molecular formula is C16H27N3O2S+2. The van der Waals surface area contributed by atoms with Gasteiger partial charge in [-0.25, -0.2) is 13.1 Å². The van der Waals surface area contributed by atoms with Gasteiger partial charge in [-0.3, -0.25) is 0 Å². The molecule has 0 amide bonds. The maximum Gasteiger partial charge on any atom is 0.233 e. The van der Waals surface area contributed by atoms with Crippen molar-refractivity contribution in [3.8, 4) is 0 Å². The summed E-state index contributed by atoms with van der Waals surface area (Å²) in [6.45, 7) is 6.34. The fourth-order valence-electron chi connectivity index (χ4n) is 2.61. The van der Waals surface area contributed by atoms with Crippen molar-refractivity contribution in [1.29, 1.82) is 0 Å². The van der Waals surface area contributed by atoms with E-state index in [1.807, 2.05) is 30.3 Å². The van der Waals surface area contributed by atoms with Crippen molar-refractivity contribution in [2.45, 2.75) is 6.42 Å². The van der Waals surface area contributed by atoms with E-state index in [9.17, 15) is 8.42 Å². The summed E-state index contributed by atoms with van der Waals surface area (Å²) in [5, 5.41) is 1.24. The minimum Gasteiger partial charge on any atom is -0.328 e. The van der Waals surface area contributed by atoms with Gasteiger partial charge in [-0.15, -0.1) is 0 Å². The summed E-state index contributed by atoms with van der Waals surface area (Å²) in [7, 11) is -1.11. The Bertz CT molecular complexity index is 564. The van der Waals surface area contributed by atoms with Gasteiger partial charge in [0.1, 0.15) is 26.2 Å². The number of sulfonamides is 1. The molecule has 22 heavy (non-hydrogen) atoms. The smallest absolute Gasteiger partial charge is 0.233 e. The number of benzene rings is 1. The zero-order valence-electron chi connectivity index (χ0n) is 13.2. The highest BCUT2D eigenvalue weighted by Gasteiger charge is 2.19. The average molecular weight is 325 g/mol. The molecule has 2 rings (SSSR count). The van der Waals surface area contributed by atoms with Crippen LogP contribution < -0.4 is 14.5 Å². The molecule has 5 nitrogen and oxygen atoms in total. The zero-order valence-corrected chi connectivity index (χ0v) is 14.0. The Labute approximate surface area is 133 Å². The molecule has 0 unspecified atom stereocenters. The molecule has 0 atom stereocenters. The lowest BCUT2D eigenvalue weighted by Gasteiger charge is -2.27. The standard InChI is InChI=1S/C16H25N3O2S/c1-18-11-13-19(14-12-18)10-5-9-17-22(20,21)15-8-16-6-3-2-4-7-16/h2-4,6-8,15,17H,5,9-14H2,1H3/p+2/b15-8+. The van der Waals surface area contributed by atoms with Crippen LogP contribution >= 0.6 is 0 Å². The van der Waals surface area contributed by atoms with E-state index in [1.165, 1.54) is 31.6 Å². The molecule has 0 spiro atoms. The van der Waals surface area contributed by atoms with Gasteiger partial charge in [0, 0.05) is 18.4 Å². The molecule has 1 aromatic carbocycles. The first-order chi connectivity index (χ1) is 10.6. The quantitative estimate of drug-likeness (QED) is 0.528. The highest BCUT2D eigenvalue weighted by molar-refractivity contribution is 7.92. The molecule has 3 N–H and O–H groups in total. The molecule has 6 heteroatoms. The molecule has 1 heterocycles. The van der Waals surface area contributed by atoms with Crippen LogP contribution in [0.25, 0.3) is 6.08 Å². The second-order valence-corrected chi connectivity index (χ2v) is 7.61. The highest BCUT2D eigenvalue weighted by atomic mass is 32.2. The van der Waals surface area contributed by atoms with Crippen molar-refractivity contribution in [3.05, 3.63) is 41.3 Å². The number of nitrogens with one attached hydrogen (secondary N) is 3. The first kappa shape index (κ1) is 17.1. The normalized spacial score (nSPS) is 23.0. The third kappa shape index (κ3) is 6.27. The van der Waals surface area contributed by atoms with Gasteiger partial charge in [0.15, 0.2) is 0 Å². The predicted molar refractivity (Wildman–Crippen MR) is 89.2 cm³/mol. The molecule has 1 aliphatic rings. The molecule has 1 fully saturated rings. The maximum absolute atomic E-state index is 11.9. The van der Waals surface area contributed by atoms with Crippen LogP contribution in [0.15, 0.2) is 35.7 Å². The maximum atomic E-state index is 11.9. The number of hydrogen-bond donors (Lipinski definition) is 3. The highest BCUT2D eigenvalue weighted by Crippen LogP contribution is 2.02. The molecule has 1 aliphatic heterocycles. The van der Waals surface area contributed by atoms with Crippen molar-refractivity contribution in [1.82, 2.24) is 4.72 Å². The first-order valence-corrected chi connectivity index (χ1v) is 9.47. The number of rotatable bonds is 7. The van der Waals surface area contributed by atoms with E-state index in [-0.39, 0.29) is 0 Å². The van der Waals surface area contributed by atoms with E-state index in [0.717, 1.165) is 18.5 Å². The molecule has 0 radical (unpaired) electrons. The lowest BCUT2D eigenvalue weighted by molar-refractivity contribution is -1.00. The van der Waals surface area contributed by atoms with Gasteiger partial charge < -0.3 is 9.80 Å². The Balaban J connectivity index is 1.68. The van der Waals surface area contributed by atoms with Crippen LogP contribution in [0.5, 0.6) is 0 Å². The molecule has 1 aromatic rings. The van der Waals surface area contributed by atoms with Crippen LogP contribution in [0, 0.1) is 0 Å². The third-order valence-corrected chi connectivity index (χ3v) is 5.16. The van der Waals surface area contributed by atoms with Gasteiger partial charge in [0.05, 0.1) is 13.6 Å². The summed E-state index contributed by atoms with van der Waals surface area (Å²) >= 11 is 0. The van der Waals surface area contributed by atoms with E-state index in [0.29, 0.717) is 6.54 Å². The Morgan fingerprint density at radius 1 is 1.14 bits per heavy atom. The molecule has 0 aliphatic carbocycles. The van der Waals surface area contributed by atoms with Crippen molar-refractivity contribution in [3.63, 3.8) is 0 Å². The minimum absolute atomic E-state index is 0.508. The van der Waals surface area contributed by atoms with Gasteiger partial charge in [-0.2, -0.15) is 0 Å². The van der Waals surface area contributed by atoms with Crippen LogP contribution in [-0.4, -0.2) is 54.7 Å². The second-order valence-electron chi connectivity index (χ2n) is 5.96. The van der Waals surface area contributed by atoms with Crippen molar-refractivity contribution >= 4 is 16.1 Å². The topological polar surface area (TPSA) is 55.1 Å². The van der Waals surface area contributed by atoms with E-state index in [2.05, 4.69) is 11.8 Å². The molecule has 122 valence electrons. The number of likely N-dealkylation sites (N-methyl/N-ethyl adjacent to an activating group) is 1. The fraction of sp³-hybridized carbons (Fsp3) is 0.500. The number of piperazine rings is 1. The van der Waals surface area contributed by atoms with Crippen LogP contribution in [0.3, 0.4) is 0 Å². The van der Waals surface area contributed by atoms with E-state index in [4.69, 9.17) is 0 Å². The summed E-state index contributed by atoms with van der Waals surface area (Å²) < 4.78 is 26.4. The van der Waals surface area contributed by atoms with Crippen molar-refractivity contribution < 1.29 is 18.2 Å². The first-order valence-electron chi connectivity index (χ1n) is 7.93. The lowest BCUT2D eigenvalue weighted by atomic mass is 10.2. The van der Waals surface area contributed by atoms with Gasteiger partial charge in [-0.1, -0.05) is 30.3 Å². The average Bonchev–Trinajstić information content (AvgIpc) is 2.52. The summed E-state index contributed by atoms with van der Waals surface area (Å²) in [6, 6.07) is 9.45. The molecule has 1 saturated heterocycles. The molecule has 0 bridgehead atoms. The Morgan fingerprint density at radius 2 is 1.82 bits per heavy atom. The summed E-state index contributed by atoms with van der Waals surface area (Å²) in [4.78, 5) is 3.18. The van der Waals surface area contributed by atoms with Gasteiger partial charge in [0.2, 0.25) is 10.0 Å². The molecular weight excluding hydrogens is 298 g/mol. The van der Waals surface area contributed by atoms with Crippen LogP contribution in [0.1, 0.15) is 12.0 Å². The summed E-state index contributed by atoms with van der Waals surface area (Å²) in [5.41, 5.74) is 0.886. The van der Waals surface area contributed by atoms with Gasteiger partial charge in [-0.05, 0) is 11.6 Å². The van der Waals surface area contributed by atoms with E-state index < -0.39 is 10.0 Å². The monoisotopic (exact) mass is 325 g/mol. The van der Waals surface area contributed by atoms with Crippen LogP contribution in [-0.2, 0) is 10.0 Å². The number of hydrogen-bond acceptors (Lipinski definition) is 2. The van der Waals surface area contributed by atoms with Gasteiger partial charge in [0.25, 0.3) is 0 Å². The summed E-state index contributed by atoms with van der Waals surface area (Å²) in [5.74, 6) is 0.